The highest BCUT2D eigenvalue weighted by Crippen LogP contribution is 2.38. The maximum Gasteiger partial charge on any atom is 0.426 e. The zero-order valence-corrected chi connectivity index (χ0v) is 19.3. The van der Waals surface area contributed by atoms with Crippen molar-refractivity contribution in [2.45, 2.75) is 37.7 Å². The van der Waals surface area contributed by atoms with Crippen molar-refractivity contribution in [3.05, 3.63) is 85.0 Å². The number of carbonyl (C=O) groups is 2. The first-order chi connectivity index (χ1) is 16.8. The van der Waals surface area contributed by atoms with E-state index in [2.05, 4.69) is 13.2 Å². The van der Waals surface area contributed by atoms with Gasteiger partial charge in [-0.2, -0.15) is 8.78 Å². The van der Waals surface area contributed by atoms with Gasteiger partial charge in [0.25, 0.3) is 0 Å². The molecular formula is C27H28F2O6. The molecule has 0 amide bonds. The number of rotatable bonds is 11. The SMILES string of the molecule is C=CC(=O)OCOc1ccc(OC(F)(F)c2ccc(C3CCC(COC(=O)C=C)CC3)cc2)cc1. The number of alkyl halides is 2. The second-order valence-corrected chi connectivity index (χ2v) is 8.19. The highest BCUT2D eigenvalue weighted by atomic mass is 19.3. The summed E-state index contributed by atoms with van der Waals surface area (Å²) in [6.45, 7) is 6.72. The van der Waals surface area contributed by atoms with E-state index >= 15 is 0 Å². The zero-order chi connectivity index (χ0) is 25.3. The van der Waals surface area contributed by atoms with Crippen LogP contribution < -0.4 is 9.47 Å². The summed E-state index contributed by atoms with van der Waals surface area (Å²) in [5.41, 5.74) is 0.757. The Kier molecular flexibility index (Phi) is 9.00. The van der Waals surface area contributed by atoms with Gasteiger partial charge < -0.3 is 18.9 Å². The van der Waals surface area contributed by atoms with Crippen LogP contribution >= 0.6 is 0 Å². The fourth-order valence-electron chi connectivity index (χ4n) is 3.90. The van der Waals surface area contributed by atoms with E-state index in [0.29, 0.717) is 18.3 Å². The van der Waals surface area contributed by atoms with Crippen molar-refractivity contribution in [3.63, 3.8) is 0 Å². The molecule has 6 nitrogen and oxygen atoms in total. The number of carbonyl (C=O) groups excluding carboxylic acids is 2. The predicted octanol–water partition coefficient (Wildman–Crippen LogP) is 5.88. The Hall–Kier alpha value is -3.68. The monoisotopic (exact) mass is 486 g/mol. The Morgan fingerprint density at radius 2 is 1.43 bits per heavy atom. The van der Waals surface area contributed by atoms with Gasteiger partial charge in [0.05, 0.1) is 12.2 Å². The maximum atomic E-state index is 14.7. The normalized spacial score (nSPS) is 17.7. The second-order valence-electron chi connectivity index (χ2n) is 8.19. The predicted molar refractivity (Wildman–Crippen MR) is 125 cm³/mol. The van der Waals surface area contributed by atoms with Crippen molar-refractivity contribution in [1.29, 1.82) is 0 Å². The van der Waals surface area contributed by atoms with E-state index < -0.39 is 18.0 Å². The molecule has 0 radical (unpaired) electrons. The Morgan fingerprint density at radius 3 is 2.03 bits per heavy atom. The summed E-state index contributed by atoms with van der Waals surface area (Å²) in [6, 6.07) is 11.8. The molecule has 0 N–H and O–H groups in total. The minimum absolute atomic E-state index is 0.0370. The molecule has 3 rings (SSSR count). The highest BCUT2D eigenvalue weighted by Gasteiger charge is 2.35. The minimum atomic E-state index is -3.52. The number of hydrogen-bond donors (Lipinski definition) is 0. The van der Waals surface area contributed by atoms with Gasteiger partial charge in [0.1, 0.15) is 11.5 Å². The first-order valence-corrected chi connectivity index (χ1v) is 11.3. The van der Waals surface area contributed by atoms with Crippen LogP contribution in [0.2, 0.25) is 0 Å². The van der Waals surface area contributed by atoms with Gasteiger partial charge in [-0.1, -0.05) is 25.3 Å². The van der Waals surface area contributed by atoms with Gasteiger partial charge in [-0.15, -0.1) is 0 Å². The van der Waals surface area contributed by atoms with Crippen molar-refractivity contribution < 1.29 is 37.3 Å². The van der Waals surface area contributed by atoms with E-state index in [1.54, 1.807) is 12.1 Å². The summed E-state index contributed by atoms with van der Waals surface area (Å²) in [6.07, 6.45) is 2.27. The van der Waals surface area contributed by atoms with Gasteiger partial charge >= 0.3 is 18.0 Å². The number of hydrogen-bond acceptors (Lipinski definition) is 6. The first-order valence-electron chi connectivity index (χ1n) is 11.3. The Labute approximate surface area is 203 Å². The molecule has 35 heavy (non-hydrogen) atoms. The molecule has 0 atom stereocenters. The van der Waals surface area contributed by atoms with Crippen molar-refractivity contribution in [2.75, 3.05) is 13.4 Å². The van der Waals surface area contributed by atoms with Gasteiger partial charge in [0.2, 0.25) is 6.79 Å². The van der Waals surface area contributed by atoms with Gasteiger partial charge in [0, 0.05) is 12.2 Å². The van der Waals surface area contributed by atoms with Crippen LogP contribution in [0, 0.1) is 5.92 Å². The molecule has 0 spiro atoms. The van der Waals surface area contributed by atoms with Crippen molar-refractivity contribution in [3.8, 4) is 11.5 Å². The molecule has 1 saturated carbocycles. The fraction of sp³-hybridized carbons (Fsp3) is 0.333. The van der Waals surface area contributed by atoms with Crippen LogP contribution in [0.1, 0.15) is 42.7 Å². The lowest BCUT2D eigenvalue weighted by molar-refractivity contribution is -0.185. The summed E-state index contributed by atoms with van der Waals surface area (Å²) >= 11 is 0. The average Bonchev–Trinajstić information content (AvgIpc) is 2.88. The number of ether oxygens (including phenoxy) is 4. The number of benzene rings is 2. The summed E-state index contributed by atoms with van der Waals surface area (Å²) in [7, 11) is 0. The van der Waals surface area contributed by atoms with Crippen molar-refractivity contribution in [2.24, 2.45) is 5.92 Å². The standard InChI is InChI=1S/C27H28F2O6/c1-3-25(30)32-17-19-5-7-20(8-6-19)21-9-11-22(12-10-21)27(28,29)35-24-15-13-23(14-16-24)33-18-34-26(31)4-2/h3-4,9-16,19-20H,1-2,5-8,17-18H2. The molecule has 2 aromatic rings. The number of esters is 2. The maximum absolute atomic E-state index is 14.7. The molecule has 0 heterocycles. The van der Waals surface area contributed by atoms with Gasteiger partial charge in [-0.05, 0) is 79.5 Å². The van der Waals surface area contributed by atoms with E-state index in [9.17, 15) is 18.4 Å². The van der Waals surface area contributed by atoms with Gasteiger partial charge in [-0.3, -0.25) is 0 Å². The summed E-state index contributed by atoms with van der Waals surface area (Å²) in [4.78, 5) is 22.2. The van der Waals surface area contributed by atoms with E-state index in [0.717, 1.165) is 43.4 Å². The average molecular weight is 487 g/mol. The van der Waals surface area contributed by atoms with Crippen molar-refractivity contribution in [1.82, 2.24) is 0 Å². The molecule has 2 aromatic carbocycles. The lowest BCUT2D eigenvalue weighted by atomic mass is 9.79. The lowest BCUT2D eigenvalue weighted by Gasteiger charge is -2.28. The molecule has 1 aliphatic carbocycles. The second kappa shape index (κ2) is 12.1. The Morgan fingerprint density at radius 1 is 0.857 bits per heavy atom. The summed E-state index contributed by atoms with van der Waals surface area (Å²) in [5, 5.41) is 0. The number of halogens is 2. The molecule has 0 aliphatic heterocycles. The Balaban J connectivity index is 1.51. The third-order valence-corrected chi connectivity index (χ3v) is 5.86. The van der Waals surface area contributed by atoms with E-state index in [4.69, 9.17) is 18.9 Å². The van der Waals surface area contributed by atoms with Crippen LogP contribution in [0.5, 0.6) is 11.5 Å². The van der Waals surface area contributed by atoms with Crippen LogP contribution in [-0.4, -0.2) is 25.3 Å². The molecule has 0 bridgehead atoms. The quantitative estimate of drug-likeness (QED) is 0.224. The third-order valence-electron chi connectivity index (χ3n) is 5.86. The topological polar surface area (TPSA) is 71.1 Å². The van der Waals surface area contributed by atoms with E-state index in [-0.39, 0.29) is 24.0 Å². The zero-order valence-electron chi connectivity index (χ0n) is 19.3. The summed E-state index contributed by atoms with van der Waals surface area (Å²) < 4.78 is 49.4. The Bertz CT molecular complexity index is 1010. The van der Waals surface area contributed by atoms with Gasteiger partial charge in [0.15, 0.2) is 0 Å². The third kappa shape index (κ3) is 7.67. The van der Waals surface area contributed by atoms with Crippen molar-refractivity contribution >= 4 is 11.9 Å². The van der Waals surface area contributed by atoms with Crippen LogP contribution in [0.3, 0.4) is 0 Å². The van der Waals surface area contributed by atoms with Crippen LogP contribution in [0.4, 0.5) is 8.78 Å². The fourth-order valence-corrected chi connectivity index (χ4v) is 3.90. The van der Waals surface area contributed by atoms with Crippen LogP contribution in [0.15, 0.2) is 73.8 Å². The lowest BCUT2D eigenvalue weighted by Crippen LogP contribution is -2.22. The molecule has 0 aromatic heterocycles. The first kappa shape index (κ1) is 25.9. The van der Waals surface area contributed by atoms with E-state index in [1.807, 2.05) is 0 Å². The van der Waals surface area contributed by atoms with Gasteiger partial charge in [-0.25, -0.2) is 9.59 Å². The molecule has 0 unspecified atom stereocenters. The van der Waals surface area contributed by atoms with Crippen LogP contribution in [-0.2, 0) is 25.2 Å². The molecule has 0 saturated heterocycles. The molecule has 186 valence electrons. The highest BCUT2D eigenvalue weighted by molar-refractivity contribution is 5.81. The van der Waals surface area contributed by atoms with Crippen LogP contribution in [0.25, 0.3) is 0 Å². The molecular weight excluding hydrogens is 458 g/mol. The molecule has 1 fully saturated rings. The van der Waals surface area contributed by atoms with E-state index in [1.165, 1.54) is 36.4 Å². The summed E-state index contributed by atoms with van der Waals surface area (Å²) in [5.74, 6) is -0.161. The minimum Gasteiger partial charge on any atom is -0.462 e. The molecule has 1 aliphatic rings. The smallest absolute Gasteiger partial charge is 0.426 e. The molecule has 8 heteroatoms. The largest absolute Gasteiger partial charge is 0.462 e.